The third kappa shape index (κ3) is 3.65. The number of benzene rings is 2. The van der Waals surface area contributed by atoms with Crippen molar-refractivity contribution in [3.8, 4) is 11.1 Å². The summed E-state index contributed by atoms with van der Waals surface area (Å²) in [5.74, 6) is 0. The number of hydrogen-bond acceptors (Lipinski definition) is 0. The maximum atomic E-state index is 3.77. The van der Waals surface area contributed by atoms with Crippen LogP contribution in [0.1, 0.15) is 52.7 Å². The van der Waals surface area contributed by atoms with Gasteiger partial charge < -0.3 is 0 Å². The molecular formula is C20H24Br2. The number of hydrogen-bond donors (Lipinski definition) is 0. The summed E-state index contributed by atoms with van der Waals surface area (Å²) < 4.78 is 2.28. The summed E-state index contributed by atoms with van der Waals surface area (Å²) in [5, 5.41) is 0. The summed E-state index contributed by atoms with van der Waals surface area (Å²) in [6.45, 7) is 13.4. The van der Waals surface area contributed by atoms with Crippen molar-refractivity contribution in [3.63, 3.8) is 0 Å². The van der Waals surface area contributed by atoms with Gasteiger partial charge in [0.25, 0.3) is 0 Å². The average Bonchev–Trinajstić information content (AvgIpc) is 2.39. The summed E-state index contributed by atoms with van der Waals surface area (Å²) in [5.41, 5.74) is 5.44. The molecule has 0 unspecified atom stereocenters. The molecule has 0 aromatic heterocycles. The lowest BCUT2D eigenvalue weighted by Crippen LogP contribution is -2.12. The molecule has 2 rings (SSSR count). The summed E-state index contributed by atoms with van der Waals surface area (Å²) in [7, 11) is 0. The van der Waals surface area contributed by atoms with E-state index in [1.54, 1.807) is 0 Å². The first kappa shape index (κ1) is 17.7. The second kappa shape index (κ2) is 6.13. The fraction of sp³-hybridized carbons (Fsp3) is 0.400. The molecule has 0 bridgehead atoms. The third-order valence-electron chi connectivity index (χ3n) is 3.95. The Morgan fingerprint density at radius 2 is 1.18 bits per heavy atom. The van der Waals surface area contributed by atoms with Gasteiger partial charge in [-0.05, 0) is 64.9 Å². The van der Waals surface area contributed by atoms with Crippen molar-refractivity contribution < 1.29 is 0 Å². The number of halogens is 2. The molecule has 0 atom stereocenters. The molecule has 0 radical (unpaired) electrons. The maximum Gasteiger partial charge on any atom is 0.0398 e. The molecule has 2 heteroatoms. The molecule has 2 aromatic rings. The Bertz CT molecular complexity index is 669. The van der Waals surface area contributed by atoms with E-state index >= 15 is 0 Å². The summed E-state index contributed by atoms with van der Waals surface area (Å²) in [6.07, 6.45) is 0. The minimum Gasteiger partial charge on any atom is -0.0579 e. The normalized spacial score (nSPS) is 12.5. The van der Waals surface area contributed by atoms with Crippen LogP contribution < -0.4 is 0 Å². The van der Waals surface area contributed by atoms with Crippen LogP contribution in [0.3, 0.4) is 0 Å². The van der Waals surface area contributed by atoms with Gasteiger partial charge in [-0.3, -0.25) is 0 Å². The lowest BCUT2D eigenvalue weighted by atomic mass is 9.85. The summed E-state index contributed by atoms with van der Waals surface area (Å²) in [4.78, 5) is 0. The first-order valence-electron chi connectivity index (χ1n) is 7.61. The third-order valence-corrected chi connectivity index (χ3v) is 6.13. The first-order chi connectivity index (χ1) is 10.0. The van der Waals surface area contributed by atoms with E-state index in [-0.39, 0.29) is 10.8 Å². The Labute approximate surface area is 151 Å². The molecule has 0 amide bonds. The molecule has 0 aliphatic heterocycles. The second-order valence-corrected chi connectivity index (χ2v) is 9.45. The predicted molar refractivity (Wildman–Crippen MR) is 105 cm³/mol. The summed E-state index contributed by atoms with van der Waals surface area (Å²) >= 11 is 7.53. The molecule has 22 heavy (non-hydrogen) atoms. The van der Waals surface area contributed by atoms with E-state index in [1.807, 2.05) is 0 Å². The fourth-order valence-electron chi connectivity index (χ4n) is 2.50. The largest absolute Gasteiger partial charge is 0.0579 e. The smallest absolute Gasteiger partial charge is 0.0398 e. The Kier molecular flexibility index (Phi) is 4.94. The van der Waals surface area contributed by atoms with E-state index in [2.05, 4.69) is 110 Å². The molecule has 0 spiro atoms. The average molecular weight is 424 g/mol. The van der Waals surface area contributed by atoms with Gasteiger partial charge in [0.15, 0.2) is 0 Å². The lowest BCUT2D eigenvalue weighted by molar-refractivity contribution is 0.586. The SMILES string of the molecule is CC(C)(C)c1ccc(-c2ccc(C(C)(C)C)c(Br)c2Br)cc1. The van der Waals surface area contributed by atoms with E-state index in [1.165, 1.54) is 22.3 Å². The Hall–Kier alpha value is -0.600. The standard InChI is InChI=1S/C20H24Br2/c1-19(2,3)14-9-7-13(8-10-14)15-11-12-16(20(4,5)6)18(22)17(15)21/h7-12H,1-6H3. The second-order valence-electron chi connectivity index (χ2n) is 7.87. The van der Waals surface area contributed by atoms with Crippen LogP contribution in [0.15, 0.2) is 45.3 Å². The van der Waals surface area contributed by atoms with E-state index < -0.39 is 0 Å². The monoisotopic (exact) mass is 422 g/mol. The summed E-state index contributed by atoms with van der Waals surface area (Å²) in [6, 6.07) is 13.3. The van der Waals surface area contributed by atoms with Crippen molar-refractivity contribution in [2.45, 2.75) is 52.4 Å². The van der Waals surface area contributed by atoms with Crippen LogP contribution in [0, 0.1) is 0 Å². The molecular weight excluding hydrogens is 400 g/mol. The van der Waals surface area contributed by atoms with Crippen molar-refractivity contribution in [2.24, 2.45) is 0 Å². The van der Waals surface area contributed by atoms with E-state index in [0.717, 1.165) is 8.95 Å². The molecule has 0 fully saturated rings. The van der Waals surface area contributed by atoms with Crippen LogP contribution in [0.25, 0.3) is 11.1 Å². The van der Waals surface area contributed by atoms with Gasteiger partial charge in [-0.25, -0.2) is 0 Å². The van der Waals surface area contributed by atoms with Gasteiger partial charge in [0.1, 0.15) is 0 Å². The molecule has 0 saturated carbocycles. The minimum atomic E-state index is 0.121. The highest BCUT2D eigenvalue weighted by Crippen LogP contribution is 2.40. The molecule has 0 heterocycles. The zero-order valence-corrected chi connectivity index (χ0v) is 17.4. The van der Waals surface area contributed by atoms with Crippen molar-refractivity contribution >= 4 is 31.9 Å². The molecule has 2 aromatic carbocycles. The highest BCUT2D eigenvalue weighted by molar-refractivity contribution is 9.13. The van der Waals surface area contributed by atoms with Crippen molar-refractivity contribution in [1.82, 2.24) is 0 Å². The highest BCUT2D eigenvalue weighted by atomic mass is 79.9. The van der Waals surface area contributed by atoms with Crippen LogP contribution >= 0.6 is 31.9 Å². The van der Waals surface area contributed by atoms with E-state index in [9.17, 15) is 0 Å². The van der Waals surface area contributed by atoms with Gasteiger partial charge >= 0.3 is 0 Å². The van der Waals surface area contributed by atoms with Gasteiger partial charge in [-0.15, -0.1) is 0 Å². The molecule has 118 valence electrons. The van der Waals surface area contributed by atoms with Gasteiger partial charge in [0.2, 0.25) is 0 Å². The van der Waals surface area contributed by atoms with Gasteiger partial charge in [-0.1, -0.05) is 77.9 Å². The molecule has 0 saturated heterocycles. The van der Waals surface area contributed by atoms with Crippen LogP contribution in [0.5, 0.6) is 0 Å². The van der Waals surface area contributed by atoms with Gasteiger partial charge in [0.05, 0.1) is 0 Å². The topological polar surface area (TPSA) is 0 Å². The fourth-order valence-corrected chi connectivity index (χ4v) is 4.02. The van der Waals surface area contributed by atoms with Gasteiger partial charge in [0, 0.05) is 8.95 Å². The number of rotatable bonds is 1. The Balaban J connectivity index is 2.48. The zero-order valence-electron chi connectivity index (χ0n) is 14.2. The van der Waals surface area contributed by atoms with Crippen LogP contribution in [-0.2, 0) is 10.8 Å². The molecule has 0 N–H and O–H groups in total. The van der Waals surface area contributed by atoms with Crippen molar-refractivity contribution in [3.05, 3.63) is 56.5 Å². The first-order valence-corrected chi connectivity index (χ1v) is 9.20. The van der Waals surface area contributed by atoms with Crippen molar-refractivity contribution in [1.29, 1.82) is 0 Å². The van der Waals surface area contributed by atoms with Crippen LogP contribution in [-0.4, -0.2) is 0 Å². The Morgan fingerprint density at radius 3 is 1.64 bits per heavy atom. The molecule has 0 aliphatic carbocycles. The van der Waals surface area contributed by atoms with E-state index in [4.69, 9.17) is 0 Å². The quantitative estimate of drug-likeness (QED) is 0.446. The predicted octanol–water partition coefficient (Wildman–Crippen LogP) is 7.47. The Morgan fingerprint density at radius 1 is 0.636 bits per heavy atom. The maximum absolute atomic E-state index is 3.77. The zero-order chi connectivity index (χ0) is 16.7. The molecule has 0 aliphatic rings. The van der Waals surface area contributed by atoms with Crippen LogP contribution in [0.2, 0.25) is 0 Å². The van der Waals surface area contributed by atoms with E-state index in [0.29, 0.717) is 0 Å². The van der Waals surface area contributed by atoms with Gasteiger partial charge in [-0.2, -0.15) is 0 Å². The lowest BCUT2D eigenvalue weighted by Gasteiger charge is -2.23. The van der Waals surface area contributed by atoms with Crippen LogP contribution in [0.4, 0.5) is 0 Å². The van der Waals surface area contributed by atoms with Crippen molar-refractivity contribution in [2.75, 3.05) is 0 Å². The molecule has 0 nitrogen and oxygen atoms in total. The highest BCUT2D eigenvalue weighted by Gasteiger charge is 2.20. The minimum absolute atomic E-state index is 0.121.